The molecule has 1 aromatic heterocycles. The molecule has 1 rings (SSSR count). The van der Waals surface area contributed by atoms with E-state index in [2.05, 4.69) is 9.97 Å². The van der Waals surface area contributed by atoms with Crippen LogP contribution in [0.5, 0.6) is 0 Å². The van der Waals surface area contributed by atoms with Crippen LogP contribution in [0.15, 0.2) is 12.4 Å². The van der Waals surface area contributed by atoms with Crippen molar-refractivity contribution < 1.29 is 14.6 Å². The van der Waals surface area contributed by atoms with Crippen molar-refractivity contribution >= 4 is 5.97 Å². The number of carbonyl (C=O) groups is 1. The highest BCUT2D eigenvalue weighted by molar-refractivity contribution is 5.65. The maximum atomic E-state index is 10.4. The highest BCUT2D eigenvalue weighted by atomic mass is 16.5. The molecule has 1 aromatic rings. The van der Waals surface area contributed by atoms with E-state index >= 15 is 0 Å². The Kier molecular flexibility index (Phi) is 3.33. The summed E-state index contributed by atoms with van der Waals surface area (Å²) < 4.78 is 4.70. The summed E-state index contributed by atoms with van der Waals surface area (Å²) in [5, 5.41) is 8.66. The van der Waals surface area contributed by atoms with Gasteiger partial charge in [-0.05, 0) is 0 Å². The van der Waals surface area contributed by atoms with E-state index in [0.717, 1.165) is 0 Å². The highest BCUT2D eigenvalue weighted by Crippen LogP contribution is 1.97. The molecule has 0 saturated heterocycles. The third-order valence-electron chi connectivity index (χ3n) is 1.34. The molecule has 1 heterocycles. The van der Waals surface area contributed by atoms with Gasteiger partial charge in [0.15, 0.2) is 0 Å². The zero-order valence-corrected chi connectivity index (χ0v) is 7.23. The van der Waals surface area contributed by atoms with E-state index in [-0.39, 0.29) is 19.2 Å². The summed E-state index contributed by atoms with van der Waals surface area (Å²) in [4.78, 5) is 18.2. The Hall–Kier alpha value is -1.49. The molecule has 5 nitrogen and oxygen atoms in total. The minimum atomic E-state index is -0.354. The summed E-state index contributed by atoms with van der Waals surface area (Å²) in [6.45, 7) is 1.31. The minimum Gasteiger partial charge on any atom is -0.459 e. The second-order valence-corrected chi connectivity index (χ2v) is 2.44. The fraction of sp³-hybridized carbons (Fsp3) is 0.375. The maximum absolute atomic E-state index is 10.4. The number of aliphatic hydroxyl groups is 1. The van der Waals surface area contributed by atoms with Crippen molar-refractivity contribution in [3.05, 3.63) is 23.8 Å². The Morgan fingerprint density at radius 1 is 1.46 bits per heavy atom. The highest BCUT2D eigenvalue weighted by Gasteiger charge is 1.98. The lowest BCUT2D eigenvalue weighted by molar-refractivity contribution is -0.142. The smallest absolute Gasteiger partial charge is 0.303 e. The van der Waals surface area contributed by atoms with Gasteiger partial charge in [-0.3, -0.25) is 14.8 Å². The van der Waals surface area contributed by atoms with Crippen LogP contribution in [0.1, 0.15) is 18.3 Å². The van der Waals surface area contributed by atoms with Crippen molar-refractivity contribution in [1.29, 1.82) is 0 Å². The minimum absolute atomic E-state index is 0.119. The molecule has 0 aliphatic carbocycles. The number of nitrogens with zero attached hydrogens (tertiary/aromatic N) is 2. The number of esters is 1. The van der Waals surface area contributed by atoms with Gasteiger partial charge in [-0.15, -0.1) is 0 Å². The van der Waals surface area contributed by atoms with Crippen molar-refractivity contribution in [3.63, 3.8) is 0 Å². The topological polar surface area (TPSA) is 72.3 Å². The summed E-state index contributed by atoms with van der Waals surface area (Å²) in [6, 6.07) is 0. The molecule has 0 aliphatic rings. The van der Waals surface area contributed by atoms with Crippen LogP contribution >= 0.6 is 0 Å². The van der Waals surface area contributed by atoms with E-state index in [4.69, 9.17) is 9.84 Å². The Morgan fingerprint density at radius 2 is 2.08 bits per heavy atom. The Balaban J connectivity index is 2.54. The molecule has 0 saturated carbocycles. The first kappa shape index (κ1) is 9.60. The average molecular weight is 182 g/mol. The van der Waals surface area contributed by atoms with Gasteiger partial charge in [0, 0.05) is 6.92 Å². The molecule has 70 valence electrons. The van der Waals surface area contributed by atoms with E-state index in [9.17, 15) is 4.79 Å². The summed E-state index contributed by atoms with van der Waals surface area (Å²) in [5.41, 5.74) is 1.05. The van der Waals surface area contributed by atoms with E-state index in [1.54, 1.807) is 0 Å². The predicted octanol–water partition coefficient (Wildman–Crippen LogP) is 0.0320. The Bertz CT molecular complexity index is 284. The van der Waals surface area contributed by atoms with Crippen molar-refractivity contribution in [2.75, 3.05) is 0 Å². The standard InChI is InChI=1S/C8H10N2O3/c1-6(12)13-5-8-3-9-7(4-11)2-10-8/h2-3,11H,4-5H2,1H3. The maximum Gasteiger partial charge on any atom is 0.303 e. The van der Waals surface area contributed by atoms with Crippen molar-refractivity contribution in [1.82, 2.24) is 9.97 Å². The molecule has 0 unspecified atom stereocenters. The van der Waals surface area contributed by atoms with Crippen LogP contribution < -0.4 is 0 Å². The molecule has 5 heteroatoms. The molecule has 0 amide bonds. The molecule has 13 heavy (non-hydrogen) atoms. The quantitative estimate of drug-likeness (QED) is 0.668. The van der Waals surface area contributed by atoms with Crippen LogP contribution in [-0.2, 0) is 22.7 Å². The molecule has 0 aliphatic heterocycles. The second-order valence-electron chi connectivity index (χ2n) is 2.44. The van der Waals surface area contributed by atoms with Gasteiger partial charge in [0.05, 0.1) is 30.4 Å². The first-order valence-electron chi connectivity index (χ1n) is 3.76. The number of rotatable bonds is 3. The van der Waals surface area contributed by atoms with Gasteiger partial charge in [0.1, 0.15) is 6.61 Å². The van der Waals surface area contributed by atoms with Gasteiger partial charge in [-0.2, -0.15) is 0 Å². The Labute approximate surface area is 75.4 Å². The third kappa shape index (κ3) is 3.16. The number of hydrogen-bond acceptors (Lipinski definition) is 5. The SMILES string of the molecule is CC(=O)OCc1cnc(CO)cn1. The normalized spacial score (nSPS) is 9.69. The van der Waals surface area contributed by atoms with Gasteiger partial charge < -0.3 is 9.84 Å². The largest absolute Gasteiger partial charge is 0.459 e. The van der Waals surface area contributed by atoms with Crippen molar-refractivity contribution in [3.8, 4) is 0 Å². The lowest BCUT2D eigenvalue weighted by atomic mass is 10.4. The van der Waals surface area contributed by atoms with Gasteiger partial charge in [0.2, 0.25) is 0 Å². The molecular weight excluding hydrogens is 172 g/mol. The van der Waals surface area contributed by atoms with Gasteiger partial charge in [0.25, 0.3) is 0 Å². The molecule has 1 N–H and O–H groups in total. The molecule has 0 fully saturated rings. The monoisotopic (exact) mass is 182 g/mol. The average Bonchev–Trinajstić information content (AvgIpc) is 2.15. The Morgan fingerprint density at radius 3 is 2.54 bits per heavy atom. The van der Waals surface area contributed by atoms with E-state index in [1.165, 1.54) is 19.3 Å². The van der Waals surface area contributed by atoms with Crippen LogP contribution in [-0.4, -0.2) is 21.0 Å². The van der Waals surface area contributed by atoms with Crippen molar-refractivity contribution in [2.24, 2.45) is 0 Å². The van der Waals surface area contributed by atoms with E-state index in [1.807, 2.05) is 0 Å². The molecule has 0 radical (unpaired) electrons. The number of ether oxygens (including phenoxy) is 1. The van der Waals surface area contributed by atoms with E-state index in [0.29, 0.717) is 11.4 Å². The number of aromatic nitrogens is 2. The third-order valence-corrected chi connectivity index (χ3v) is 1.34. The molecule has 0 spiro atoms. The van der Waals surface area contributed by atoms with Crippen LogP contribution in [0.3, 0.4) is 0 Å². The first-order valence-corrected chi connectivity index (χ1v) is 3.76. The van der Waals surface area contributed by atoms with Crippen molar-refractivity contribution in [2.45, 2.75) is 20.1 Å². The zero-order valence-electron chi connectivity index (χ0n) is 7.23. The van der Waals surface area contributed by atoms with E-state index < -0.39 is 0 Å². The van der Waals surface area contributed by atoms with Crippen LogP contribution in [0.2, 0.25) is 0 Å². The number of aliphatic hydroxyl groups excluding tert-OH is 1. The molecular formula is C8H10N2O3. The summed E-state index contributed by atoms with van der Waals surface area (Å²) in [6.07, 6.45) is 2.91. The molecule has 0 bridgehead atoms. The first-order chi connectivity index (χ1) is 6.22. The second kappa shape index (κ2) is 4.51. The van der Waals surface area contributed by atoms with Crippen LogP contribution in [0, 0.1) is 0 Å². The lowest BCUT2D eigenvalue weighted by Crippen LogP contribution is -2.02. The van der Waals surface area contributed by atoms with Gasteiger partial charge in [-0.1, -0.05) is 0 Å². The van der Waals surface area contributed by atoms with Gasteiger partial charge >= 0.3 is 5.97 Å². The lowest BCUT2D eigenvalue weighted by Gasteiger charge is -2.00. The zero-order chi connectivity index (χ0) is 9.68. The summed E-state index contributed by atoms with van der Waals surface area (Å²) in [5.74, 6) is -0.354. The predicted molar refractivity (Wildman–Crippen MR) is 43.4 cm³/mol. The molecule has 0 atom stereocenters. The summed E-state index contributed by atoms with van der Waals surface area (Å²) >= 11 is 0. The fourth-order valence-electron chi connectivity index (χ4n) is 0.713. The van der Waals surface area contributed by atoms with Gasteiger partial charge in [-0.25, -0.2) is 0 Å². The number of hydrogen-bond donors (Lipinski definition) is 1. The fourth-order valence-corrected chi connectivity index (χ4v) is 0.713. The summed E-state index contributed by atoms with van der Waals surface area (Å²) in [7, 11) is 0. The molecule has 0 aromatic carbocycles. The van der Waals surface area contributed by atoms with Crippen LogP contribution in [0.25, 0.3) is 0 Å². The van der Waals surface area contributed by atoms with Crippen LogP contribution in [0.4, 0.5) is 0 Å². The number of carbonyl (C=O) groups excluding carboxylic acids is 1.